The van der Waals surface area contributed by atoms with Gasteiger partial charge in [-0.05, 0) is 38.8 Å². The molecule has 1 aromatic rings. The molecule has 1 N–H and O–H groups in total. The quantitative estimate of drug-likeness (QED) is 0.928. The Morgan fingerprint density at radius 2 is 1.90 bits per heavy atom. The highest BCUT2D eigenvalue weighted by atomic mass is 16.5. The van der Waals surface area contributed by atoms with Crippen LogP contribution in [0.5, 0.6) is 0 Å². The maximum absolute atomic E-state index is 5.81. The highest BCUT2D eigenvalue weighted by molar-refractivity contribution is 5.70. The van der Waals surface area contributed by atoms with Gasteiger partial charge >= 0.3 is 0 Å². The largest absolute Gasteiger partial charge is 0.380 e. The summed E-state index contributed by atoms with van der Waals surface area (Å²) in [6.07, 6.45) is 2.12. The van der Waals surface area contributed by atoms with Crippen LogP contribution in [0.2, 0.25) is 0 Å². The van der Waals surface area contributed by atoms with Gasteiger partial charge in [0.05, 0.1) is 30.2 Å². The fourth-order valence-electron chi connectivity index (χ4n) is 3.25. The predicted octanol–water partition coefficient (Wildman–Crippen LogP) is 2.89. The molecular formula is C17H26N2O2. The van der Waals surface area contributed by atoms with E-state index >= 15 is 0 Å². The Bertz CT molecular complexity index is 470. The molecule has 0 amide bonds. The average Bonchev–Trinajstić information content (AvgIpc) is 2.48. The molecule has 116 valence electrons. The fraction of sp³-hybridized carbons (Fsp3) is 0.647. The van der Waals surface area contributed by atoms with Gasteiger partial charge in [-0.3, -0.25) is 0 Å². The summed E-state index contributed by atoms with van der Waals surface area (Å²) in [5.74, 6) is 0. The van der Waals surface area contributed by atoms with Gasteiger partial charge in [0.1, 0.15) is 0 Å². The molecule has 1 unspecified atom stereocenters. The molecule has 3 rings (SSSR count). The van der Waals surface area contributed by atoms with E-state index < -0.39 is 0 Å². The van der Waals surface area contributed by atoms with Crippen LogP contribution in [0.3, 0.4) is 0 Å². The molecule has 4 nitrogen and oxygen atoms in total. The molecule has 0 saturated carbocycles. The number of hydrogen-bond donors (Lipinski definition) is 1. The van der Waals surface area contributed by atoms with Gasteiger partial charge in [0, 0.05) is 25.7 Å². The molecular weight excluding hydrogens is 264 g/mol. The highest BCUT2D eigenvalue weighted by Gasteiger charge is 2.29. The summed E-state index contributed by atoms with van der Waals surface area (Å²) in [7, 11) is 0. The second kappa shape index (κ2) is 6.24. The van der Waals surface area contributed by atoms with E-state index in [-0.39, 0.29) is 5.60 Å². The number of nitrogens with one attached hydrogen (secondary N) is 1. The van der Waals surface area contributed by atoms with Crippen molar-refractivity contribution in [3.8, 4) is 0 Å². The van der Waals surface area contributed by atoms with Crippen LogP contribution in [-0.4, -0.2) is 44.6 Å². The Morgan fingerprint density at radius 1 is 1.14 bits per heavy atom. The first-order valence-electron chi connectivity index (χ1n) is 7.96. The Kier molecular flexibility index (Phi) is 4.36. The van der Waals surface area contributed by atoms with Gasteiger partial charge in [-0.2, -0.15) is 0 Å². The second-order valence-electron chi connectivity index (χ2n) is 6.56. The van der Waals surface area contributed by atoms with Crippen molar-refractivity contribution < 1.29 is 9.47 Å². The van der Waals surface area contributed by atoms with Crippen molar-refractivity contribution in [2.45, 2.75) is 38.3 Å². The first kappa shape index (κ1) is 14.7. The van der Waals surface area contributed by atoms with Crippen LogP contribution in [0.15, 0.2) is 24.3 Å². The van der Waals surface area contributed by atoms with Crippen molar-refractivity contribution in [3.05, 3.63) is 24.3 Å². The van der Waals surface area contributed by atoms with E-state index in [9.17, 15) is 0 Å². The van der Waals surface area contributed by atoms with Crippen molar-refractivity contribution in [1.82, 2.24) is 0 Å². The zero-order valence-corrected chi connectivity index (χ0v) is 13.1. The standard InChI is InChI=1S/C17H26N2O2/c1-17(2)13-14(7-10-21-17)18-15-5-3-4-6-16(15)19-8-11-20-12-9-19/h3-6,14,18H,7-13H2,1-2H3. The van der Waals surface area contributed by atoms with E-state index in [0.29, 0.717) is 6.04 Å². The number of hydrogen-bond acceptors (Lipinski definition) is 4. The third kappa shape index (κ3) is 3.69. The van der Waals surface area contributed by atoms with E-state index in [2.05, 4.69) is 48.3 Å². The van der Waals surface area contributed by atoms with Crippen molar-refractivity contribution in [3.63, 3.8) is 0 Å². The molecule has 0 radical (unpaired) electrons. The Hall–Kier alpha value is -1.26. The van der Waals surface area contributed by atoms with Crippen LogP contribution in [0, 0.1) is 0 Å². The molecule has 21 heavy (non-hydrogen) atoms. The van der Waals surface area contributed by atoms with Crippen LogP contribution in [0.25, 0.3) is 0 Å². The maximum atomic E-state index is 5.81. The summed E-state index contributed by atoms with van der Waals surface area (Å²) in [6, 6.07) is 9.10. The summed E-state index contributed by atoms with van der Waals surface area (Å²) >= 11 is 0. The molecule has 2 fully saturated rings. The predicted molar refractivity (Wildman–Crippen MR) is 86.1 cm³/mol. The highest BCUT2D eigenvalue weighted by Crippen LogP contribution is 2.31. The SMILES string of the molecule is CC1(C)CC(Nc2ccccc2N2CCOCC2)CCO1. The second-order valence-corrected chi connectivity index (χ2v) is 6.56. The molecule has 0 aromatic heterocycles. The summed E-state index contributed by atoms with van der Waals surface area (Å²) in [4.78, 5) is 2.41. The zero-order valence-electron chi connectivity index (χ0n) is 13.1. The van der Waals surface area contributed by atoms with Crippen LogP contribution >= 0.6 is 0 Å². The maximum Gasteiger partial charge on any atom is 0.0646 e. The van der Waals surface area contributed by atoms with Crippen LogP contribution in [0.1, 0.15) is 26.7 Å². The van der Waals surface area contributed by atoms with Crippen molar-refractivity contribution in [2.75, 3.05) is 43.1 Å². The van der Waals surface area contributed by atoms with E-state index in [1.54, 1.807) is 0 Å². The first-order valence-corrected chi connectivity index (χ1v) is 7.96. The lowest BCUT2D eigenvalue weighted by atomic mass is 9.93. The Labute approximate surface area is 127 Å². The van der Waals surface area contributed by atoms with Gasteiger partial charge in [0.25, 0.3) is 0 Å². The molecule has 1 atom stereocenters. The van der Waals surface area contributed by atoms with Crippen LogP contribution in [0.4, 0.5) is 11.4 Å². The third-order valence-electron chi connectivity index (χ3n) is 4.31. The summed E-state index contributed by atoms with van der Waals surface area (Å²) < 4.78 is 11.3. The van der Waals surface area contributed by atoms with Gasteiger partial charge in [-0.25, -0.2) is 0 Å². The lowest BCUT2D eigenvalue weighted by molar-refractivity contribution is -0.0553. The lowest BCUT2D eigenvalue weighted by Crippen LogP contribution is -2.41. The number of anilines is 2. The molecule has 2 saturated heterocycles. The molecule has 2 aliphatic rings. The van der Waals surface area contributed by atoms with Gasteiger partial charge in [0.15, 0.2) is 0 Å². The third-order valence-corrected chi connectivity index (χ3v) is 4.31. The van der Waals surface area contributed by atoms with E-state index in [0.717, 1.165) is 45.8 Å². The van der Waals surface area contributed by atoms with Gasteiger partial charge in [-0.15, -0.1) is 0 Å². The van der Waals surface area contributed by atoms with E-state index in [1.807, 2.05) is 0 Å². The molecule has 1 aromatic carbocycles. The van der Waals surface area contributed by atoms with Gasteiger partial charge in [0.2, 0.25) is 0 Å². The van der Waals surface area contributed by atoms with Gasteiger partial charge < -0.3 is 19.7 Å². The molecule has 0 spiro atoms. The molecule has 4 heteroatoms. The normalized spacial score (nSPS) is 25.6. The number of ether oxygens (including phenoxy) is 2. The molecule has 0 bridgehead atoms. The zero-order chi connectivity index (χ0) is 14.7. The summed E-state index contributed by atoms with van der Waals surface area (Å²) in [5, 5.41) is 3.74. The summed E-state index contributed by atoms with van der Waals surface area (Å²) in [6.45, 7) is 8.76. The monoisotopic (exact) mass is 290 g/mol. The Balaban J connectivity index is 1.73. The number of para-hydroxylation sites is 2. The minimum absolute atomic E-state index is 0.0240. The van der Waals surface area contributed by atoms with E-state index in [1.165, 1.54) is 11.4 Å². The molecule has 0 aliphatic carbocycles. The smallest absolute Gasteiger partial charge is 0.0646 e. The van der Waals surface area contributed by atoms with Crippen molar-refractivity contribution >= 4 is 11.4 Å². The fourth-order valence-corrected chi connectivity index (χ4v) is 3.25. The molecule has 2 aliphatic heterocycles. The first-order chi connectivity index (χ1) is 10.1. The molecule has 2 heterocycles. The lowest BCUT2D eigenvalue weighted by Gasteiger charge is -2.37. The number of rotatable bonds is 3. The average molecular weight is 290 g/mol. The van der Waals surface area contributed by atoms with Crippen molar-refractivity contribution in [1.29, 1.82) is 0 Å². The minimum atomic E-state index is -0.0240. The van der Waals surface area contributed by atoms with Crippen molar-refractivity contribution in [2.24, 2.45) is 0 Å². The van der Waals surface area contributed by atoms with Crippen LogP contribution < -0.4 is 10.2 Å². The Morgan fingerprint density at radius 3 is 2.67 bits per heavy atom. The van der Waals surface area contributed by atoms with Crippen LogP contribution in [-0.2, 0) is 9.47 Å². The number of morpholine rings is 1. The van der Waals surface area contributed by atoms with Gasteiger partial charge in [-0.1, -0.05) is 12.1 Å². The number of nitrogens with zero attached hydrogens (tertiary/aromatic N) is 1. The topological polar surface area (TPSA) is 33.7 Å². The van der Waals surface area contributed by atoms with E-state index in [4.69, 9.17) is 9.47 Å². The summed E-state index contributed by atoms with van der Waals surface area (Å²) in [5.41, 5.74) is 2.51. The number of benzene rings is 1. The minimum Gasteiger partial charge on any atom is -0.380 e.